The van der Waals surface area contributed by atoms with E-state index in [9.17, 15) is 10.1 Å². The number of nitrogens with two attached hydrogens (primary N) is 1. The van der Waals surface area contributed by atoms with E-state index in [4.69, 9.17) is 5.73 Å². The molecule has 9 nitrogen and oxygen atoms in total. The van der Waals surface area contributed by atoms with E-state index < -0.39 is 10.6 Å². The number of anilines is 2. The Morgan fingerprint density at radius 2 is 1.96 bits per heavy atom. The van der Waals surface area contributed by atoms with Crippen molar-refractivity contribution in [3.63, 3.8) is 0 Å². The fourth-order valence-corrected chi connectivity index (χ4v) is 2.14. The maximum absolute atomic E-state index is 11.0. The molecule has 2 aromatic rings. The molecule has 1 heterocycles. The van der Waals surface area contributed by atoms with E-state index in [1.165, 1.54) is 6.21 Å². The Balaban J connectivity index is 2.10. The minimum atomic E-state index is -0.678. The second-order valence-corrected chi connectivity index (χ2v) is 4.80. The van der Waals surface area contributed by atoms with Crippen LogP contribution in [-0.4, -0.2) is 34.2 Å². The molecule has 0 saturated heterocycles. The van der Waals surface area contributed by atoms with E-state index in [2.05, 4.69) is 39.2 Å². The van der Waals surface area contributed by atoms with Crippen LogP contribution in [0.25, 0.3) is 5.43 Å². The van der Waals surface area contributed by atoms with Gasteiger partial charge in [0.1, 0.15) is 0 Å². The molecule has 9 heteroatoms. The average Bonchev–Trinajstić information content (AvgIpc) is 2.57. The maximum atomic E-state index is 11.0. The lowest BCUT2D eigenvalue weighted by Gasteiger charge is -2.20. The van der Waals surface area contributed by atoms with Gasteiger partial charge in [-0.3, -0.25) is 15.2 Å². The summed E-state index contributed by atoms with van der Waals surface area (Å²) >= 11 is 0. The predicted molar refractivity (Wildman–Crippen MR) is 93.7 cm³/mol. The van der Waals surface area contributed by atoms with Crippen molar-refractivity contribution in [3.8, 4) is 0 Å². The Labute approximate surface area is 139 Å². The molecule has 2 rings (SSSR count). The summed E-state index contributed by atoms with van der Waals surface area (Å²) in [7, 11) is 0. The van der Waals surface area contributed by atoms with Gasteiger partial charge < -0.3 is 21.0 Å². The lowest BCUT2D eigenvalue weighted by Crippen LogP contribution is -2.21. The zero-order valence-electron chi connectivity index (χ0n) is 13.5. The van der Waals surface area contributed by atoms with Crippen LogP contribution in [0.15, 0.2) is 35.7 Å². The summed E-state index contributed by atoms with van der Waals surface area (Å²) in [5, 5.41) is 14.8. The molecule has 2 N–H and O–H groups in total. The van der Waals surface area contributed by atoms with Gasteiger partial charge in [0.05, 0.1) is 4.92 Å². The highest BCUT2D eigenvalue weighted by Crippen LogP contribution is 2.32. The van der Waals surface area contributed by atoms with Gasteiger partial charge in [0, 0.05) is 37.1 Å². The largest absolute Gasteiger partial charge is 0.419 e. The minimum Gasteiger partial charge on any atom is -0.419 e. The molecule has 1 aromatic carbocycles. The predicted octanol–water partition coefficient (Wildman–Crippen LogP) is 2.85. The lowest BCUT2D eigenvalue weighted by molar-refractivity contribution is -0.383. The smallest absolute Gasteiger partial charge is 0.311 e. The number of hydrogen-bond donors (Lipinski definition) is 1. The molecule has 24 heavy (non-hydrogen) atoms. The van der Waals surface area contributed by atoms with Gasteiger partial charge in [0.25, 0.3) is 0 Å². The number of nitrogen functional groups attached to an aromatic ring is 1. The van der Waals surface area contributed by atoms with Gasteiger partial charge in [-0.1, -0.05) is 12.1 Å². The van der Waals surface area contributed by atoms with Crippen LogP contribution in [-0.2, 0) is 0 Å². The molecule has 0 atom stereocenters. The number of benzene rings is 1. The van der Waals surface area contributed by atoms with Crippen molar-refractivity contribution in [2.75, 3.05) is 23.7 Å². The summed E-state index contributed by atoms with van der Waals surface area (Å²) in [5.41, 5.74) is 10.7. The van der Waals surface area contributed by atoms with Crippen LogP contribution in [0.3, 0.4) is 0 Å². The third-order valence-electron chi connectivity index (χ3n) is 3.39. The fourth-order valence-electron chi connectivity index (χ4n) is 2.14. The van der Waals surface area contributed by atoms with Gasteiger partial charge >= 0.3 is 5.69 Å². The summed E-state index contributed by atoms with van der Waals surface area (Å²) in [4.78, 5) is 19.8. The van der Waals surface area contributed by atoms with Crippen LogP contribution in [0.4, 0.5) is 23.0 Å². The van der Waals surface area contributed by atoms with Crippen molar-refractivity contribution in [3.05, 3.63) is 51.7 Å². The van der Waals surface area contributed by atoms with Gasteiger partial charge in [0.15, 0.2) is 0 Å². The summed E-state index contributed by atoms with van der Waals surface area (Å²) in [6, 6.07) is 7.77. The number of hydrogen-bond acceptors (Lipinski definition) is 7. The molecule has 0 fully saturated rings. The van der Waals surface area contributed by atoms with E-state index in [0.717, 1.165) is 30.7 Å². The quantitative estimate of drug-likeness (QED) is 0.473. The van der Waals surface area contributed by atoms with Crippen molar-refractivity contribution in [1.29, 1.82) is 0 Å². The zero-order valence-corrected chi connectivity index (χ0v) is 13.5. The summed E-state index contributed by atoms with van der Waals surface area (Å²) in [5.74, 6) is -0.420. The third-order valence-corrected chi connectivity index (χ3v) is 3.39. The van der Waals surface area contributed by atoms with Crippen molar-refractivity contribution in [2.24, 2.45) is 5.10 Å². The van der Waals surface area contributed by atoms with Crippen molar-refractivity contribution in [1.82, 2.24) is 9.97 Å². The third kappa shape index (κ3) is 3.94. The van der Waals surface area contributed by atoms with Gasteiger partial charge in [-0.2, -0.15) is 0 Å². The van der Waals surface area contributed by atoms with Crippen molar-refractivity contribution >= 4 is 29.2 Å². The number of aromatic nitrogens is 2. The zero-order chi connectivity index (χ0) is 17.5. The number of rotatable bonds is 7. The van der Waals surface area contributed by atoms with Crippen molar-refractivity contribution in [2.45, 2.75) is 13.8 Å². The molecule has 0 saturated carbocycles. The first-order chi connectivity index (χ1) is 11.6. The van der Waals surface area contributed by atoms with Crippen LogP contribution < -0.4 is 10.6 Å². The Kier molecular flexibility index (Phi) is 5.61. The van der Waals surface area contributed by atoms with Gasteiger partial charge in [-0.05, 0) is 31.5 Å². The summed E-state index contributed by atoms with van der Waals surface area (Å²) < 4.78 is 0. The van der Waals surface area contributed by atoms with Gasteiger partial charge in [-0.15, -0.1) is 0 Å². The first kappa shape index (κ1) is 17.1. The normalized spacial score (nSPS) is 10.8. The maximum Gasteiger partial charge on any atom is 0.311 e. The molecule has 1 aromatic heterocycles. The fraction of sp³-hybridized carbons (Fsp3) is 0.267. The molecular formula is C15H18N7O2-. The lowest BCUT2D eigenvalue weighted by atomic mass is 10.2. The second kappa shape index (κ2) is 7.86. The van der Waals surface area contributed by atoms with Crippen LogP contribution in [0.1, 0.15) is 19.4 Å². The van der Waals surface area contributed by atoms with Gasteiger partial charge in [-0.25, -0.2) is 4.98 Å². The number of nitro groups is 1. The van der Waals surface area contributed by atoms with Crippen LogP contribution in [0.5, 0.6) is 0 Å². The van der Waals surface area contributed by atoms with E-state index in [1.807, 2.05) is 24.3 Å². The molecule has 126 valence electrons. The molecular weight excluding hydrogens is 310 g/mol. The molecule has 0 aliphatic rings. The molecule has 0 unspecified atom stereocenters. The SMILES string of the molecule is CCN(CC)c1ccc(C=N[N-]c2ncnc(N)c2[N+](=O)[O-])cc1. The second-order valence-electron chi connectivity index (χ2n) is 4.80. The Morgan fingerprint density at radius 3 is 2.54 bits per heavy atom. The van der Waals surface area contributed by atoms with E-state index in [-0.39, 0.29) is 11.6 Å². The first-order valence-electron chi connectivity index (χ1n) is 7.40. The molecule has 0 aliphatic heterocycles. The molecule has 0 spiro atoms. The van der Waals surface area contributed by atoms with Crippen LogP contribution in [0.2, 0.25) is 0 Å². The Bertz CT molecular complexity index is 727. The van der Waals surface area contributed by atoms with Crippen molar-refractivity contribution < 1.29 is 4.92 Å². The first-order valence-corrected chi connectivity index (χ1v) is 7.40. The monoisotopic (exact) mass is 328 g/mol. The van der Waals surface area contributed by atoms with Gasteiger partial charge in [0.2, 0.25) is 5.82 Å². The standard InChI is InChI=1S/C15H18N7O2/c1-3-21(4-2)12-7-5-11(6-8-12)9-19-20-15-13(22(23)24)14(16)17-10-18-15/h5-10H,3-4H2,1-2H3,(H2-,16,17,18,20)/q-1. The molecule has 0 bridgehead atoms. The highest BCUT2D eigenvalue weighted by molar-refractivity contribution is 5.82. The average molecular weight is 328 g/mol. The van der Waals surface area contributed by atoms with Crippen LogP contribution in [0, 0.1) is 10.1 Å². The highest BCUT2D eigenvalue weighted by Gasteiger charge is 2.14. The molecule has 0 amide bonds. The highest BCUT2D eigenvalue weighted by atomic mass is 16.6. The topological polar surface area (TPSA) is 125 Å². The number of nitrogens with zero attached hydrogens (tertiary/aromatic N) is 6. The Hall–Kier alpha value is -3.23. The van der Waals surface area contributed by atoms with E-state index >= 15 is 0 Å². The Morgan fingerprint density at radius 1 is 1.29 bits per heavy atom. The van der Waals surface area contributed by atoms with E-state index in [1.54, 1.807) is 0 Å². The minimum absolute atomic E-state index is 0.177. The van der Waals surface area contributed by atoms with E-state index in [0.29, 0.717) is 0 Å². The van der Waals surface area contributed by atoms with Crippen LogP contribution >= 0.6 is 0 Å². The summed E-state index contributed by atoms with van der Waals surface area (Å²) in [6.07, 6.45) is 2.60. The molecule has 0 aliphatic carbocycles. The molecule has 0 radical (unpaired) electrons. The summed E-state index contributed by atoms with van der Waals surface area (Å²) in [6.45, 7) is 6.05.